The Kier molecular flexibility index (Phi) is 6.33. The quantitative estimate of drug-likeness (QED) is 0.400. The molecule has 0 aliphatic heterocycles. The van der Waals surface area contributed by atoms with Gasteiger partial charge in [-0.15, -0.1) is 0 Å². The summed E-state index contributed by atoms with van der Waals surface area (Å²) < 4.78 is 30.1. The van der Waals surface area contributed by atoms with E-state index in [2.05, 4.69) is 20.6 Å². The lowest BCUT2D eigenvalue weighted by Gasteiger charge is -2.19. The lowest BCUT2D eigenvalue weighted by Crippen LogP contribution is -2.38. The van der Waals surface area contributed by atoms with Crippen molar-refractivity contribution in [3.05, 3.63) is 46.7 Å². The number of benzene rings is 1. The summed E-state index contributed by atoms with van der Waals surface area (Å²) in [4.78, 5) is 8.43. The van der Waals surface area contributed by atoms with Gasteiger partial charge >= 0.3 is 10.3 Å². The summed E-state index contributed by atoms with van der Waals surface area (Å²) in [7, 11) is -2.79. The summed E-state index contributed by atoms with van der Waals surface area (Å²) in [5, 5.41) is 27.7. The van der Waals surface area contributed by atoms with Gasteiger partial charge in [0.15, 0.2) is 0 Å². The highest BCUT2D eigenvalue weighted by molar-refractivity contribution is 7.84. The van der Waals surface area contributed by atoms with Crippen molar-refractivity contribution in [3.8, 4) is 0 Å². The second kappa shape index (κ2) is 8.85. The zero-order chi connectivity index (χ0) is 22.2. The van der Waals surface area contributed by atoms with Crippen molar-refractivity contribution < 1.29 is 22.8 Å². The van der Waals surface area contributed by atoms with Gasteiger partial charge in [-0.05, 0) is 30.0 Å². The van der Waals surface area contributed by atoms with Gasteiger partial charge in [-0.1, -0.05) is 23.7 Å². The van der Waals surface area contributed by atoms with Gasteiger partial charge < -0.3 is 20.8 Å². The highest BCUT2D eigenvalue weighted by atomic mass is 35.5. The Bertz CT molecular complexity index is 1060. The number of halogens is 1. The van der Waals surface area contributed by atoms with E-state index in [0.29, 0.717) is 11.6 Å². The van der Waals surface area contributed by atoms with Crippen molar-refractivity contribution in [2.24, 2.45) is 0 Å². The predicted octanol–water partition coefficient (Wildman–Crippen LogP) is 0.985. The first-order valence-electron chi connectivity index (χ1n) is 9.87. The van der Waals surface area contributed by atoms with Crippen LogP contribution < -0.4 is 15.4 Å². The topological polar surface area (TPSA) is 146 Å². The molecule has 2 aliphatic carbocycles. The van der Waals surface area contributed by atoms with Crippen LogP contribution in [0.4, 0.5) is 11.6 Å². The Morgan fingerprint density at radius 1 is 1.16 bits per heavy atom. The molecule has 1 heterocycles. The molecule has 31 heavy (non-hydrogen) atoms. The van der Waals surface area contributed by atoms with Gasteiger partial charge in [-0.2, -0.15) is 13.1 Å². The van der Waals surface area contributed by atoms with Crippen LogP contribution in [0.1, 0.15) is 30.0 Å². The van der Waals surface area contributed by atoms with Crippen molar-refractivity contribution >= 4 is 33.5 Å². The number of hydrogen-bond donors (Lipinski definition) is 5. The van der Waals surface area contributed by atoms with E-state index in [1.54, 1.807) is 6.07 Å². The fourth-order valence-electron chi connectivity index (χ4n) is 4.08. The first-order chi connectivity index (χ1) is 14.8. The molecule has 0 spiro atoms. The zero-order valence-corrected chi connectivity index (χ0v) is 18.3. The maximum Gasteiger partial charge on any atom is 0.335 e. The van der Waals surface area contributed by atoms with E-state index < -0.39 is 34.7 Å². The average Bonchev–Trinajstić information content (AvgIpc) is 3.26. The first kappa shape index (κ1) is 22.2. The van der Waals surface area contributed by atoms with Crippen molar-refractivity contribution in [1.82, 2.24) is 14.7 Å². The van der Waals surface area contributed by atoms with E-state index in [4.69, 9.17) is 15.8 Å². The number of fused-ring (bicyclic) bond motifs is 1. The zero-order valence-electron chi connectivity index (χ0n) is 16.7. The molecule has 10 nitrogen and oxygen atoms in total. The average molecular weight is 470 g/mol. The third-order valence-electron chi connectivity index (χ3n) is 5.67. The summed E-state index contributed by atoms with van der Waals surface area (Å²) >= 11 is 6.29. The van der Waals surface area contributed by atoms with E-state index in [0.717, 1.165) is 29.0 Å². The van der Waals surface area contributed by atoms with Crippen molar-refractivity contribution in [3.63, 3.8) is 0 Å². The van der Waals surface area contributed by atoms with Crippen molar-refractivity contribution in [2.45, 2.75) is 49.7 Å². The number of nitrogens with one attached hydrogen (secondary N) is 3. The van der Waals surface area contributed by atoms with E-state index >= 15 is 0 Å². The van der Waals surface area contributed by atoms with Crippen LogP contribution in [0, 0.1) is 0 Å². The minimum Gasteiger partial charge on any atom is -0.388 e. The smallest absolute Gasteiger partial charge is 0.335 e. The van der Waals surface area contributed by atoms with Gasteiger partial charge in [0.25, 0.3) is 0 Å². The molecule has 168 valence electrons. The Labute approximate surface area is 185 Å². The molecule has 1 aromatic heterocycles. The first-order valence-corrected chi connectivity index (χ1v) is 11.7. The van der Waals surface area contributed by atoms with E-state index in [9.17, 15) is 18.6 Å². The lowest BCUT2D eigenvalue weighted by molar-refractivity contribution is -0.00882. The maximum atomic E-state index is 11.6. The summed E-state index contributed by atoms with van der Waals surface area (Å²) in [6.45, 7) is 0. The fraction of sp³-hybridized carbons (Fsp3) is 0.474. The molecule has 4 rings (SSSR count). The fourth-order valence-corrected chi connectivity index (χ4v) is 4.97. The van der Waals surface area contributed by atoms with Crippen LogP contribution in [0.25, 0.3) is 0 Å². The molecule has 0 radical (unpaired) electrons. The molecule has 12 heteroatoms. The molecule has 1 saturated carbocycles. The normalized spacial score (nSPS) is 27.8. The van der Waals surface area contributed by atoms with Gasteiger partial charge in [0.1, 0.15) is 36.3 Å². The minimum absolute atomic E-state index is 0.0693. The molecule has 5 atom stereocenters. The van der Waals surface area contributed by atoms with Crippen LogP contribution >= 0.6 is 11.6 Å². The lowest BCUT2D eigenvalue weighted by atomic mass is 10.1. The Morgan fingerprint density at radius 2 is 1.90 bits per heavy atom. The predicted molar refractivity (Wildman–Crippen MR) is 115 cm³/mol. The third-order valence-corrected chi connectivity index (χ3v) is 7.02. The van der Waals surface area contributed by atoms with Crippen LogP contribution in [0.2, 0.25) is 5.02 Å². The molecule has 0 unspecified atom stereocenters. The summed E-state index contributed by atoms with van der Waals surface area (Å²) in [6, 6.07) is 6.96. The highest BCUT2D eigenvalue weighted by Gasteiger charge is 2.44. The number of nitrogens with zero attached hydrogens (tertiary/aromatic N) is 2. The van der Waals surface area contributed by atoms with E-state index in [1.807, 2.05) is 22.9 Å². The molecule has 1 aromatic carbocycles. The van der Waals surface area contributed by atoms with Crippen LogP contribution in [-0.2, 0) is 20.9 Å². The highest BCUT2D eigenvalue weighted by Crippen LogP contribution is 2.37. The van der Waals surface area contributed by atoms with Crippen LogP contribution in [0.5, 0.6) is 0 Å². The Hall–Kier alpha value is -2.02. The Balaban J connectivity index is 1.43. The molecule has 0 saturated heterocycles. The largest absolute Gasteiger partial charge is 0.388 e. The molecule has 2 aromatic rings. The molecule has 5 N–H and O–H groups in total. The third kappa shape index (κ3) is 4.76. The number of aliphatic hydroxyl groups is 2. The van der Waals surface area contributed by atoms with Gasteiger partial charge in [-0.3, -0.25) is 4.18 Å². The standard InChI is InChI=1S/C19H24ClN5O5S/c1-21-31(28,29)30-15-7-14(18(26)19(15)27)25-17-8-16(22-9-23-17)24-13-6-5-10-11(13)3-2-4-12(10)20/h2-4,8-9,13-15,18-19,21,26-27H,5-7H2,1H3,(H2,22,23,24,25)/t13-,14+,15+,18-,19-/m0/s1. The molecular formula is C19H24ClN5O5S. The Morgan fingerprint density at radius 3 is 2.65 bits per heavy atom. The summed E-state index contributed by atoms with van der Waals surface area (Å²) in [5.41, 5.74) is 2.28. The number of anilines is 2. The number of aliphatic hydroxyl groups excluding tert-OH is 2. The van der Waals surface area contributed by atoms with Crippen LogP contribution in [-0.4, -0.2) is 60.0 Å². The number of hydrogen-bond acceptors (Lipinski definition) is 9. The monoisotopic (exact) mass is 469 g/mol. The van der Waals surface area contributed by atoms with Gasteiger partial charge in [0, 0.05) is 24.6 Å². The molecule has 1 fully saturated rings. The van der Waals surface area contributed by atoms with Crippen LogP contribution in [0.3, 0.4) is 0 Å². The van der Waals surface area contributed by atoms with Gasteiger partial charge in [0.2, 0.25) is 0 Å². The molecular weight excluding hydrogens is 446 g/mol. The van der Waals surface area contributed by atoms with Crippen LogP contribution in [0.15, 0.2) is 30.6 Å². The minimum atomic E-state index is -4.00. The number of rotatable bonds is 7. The van der Waals surface area contributed by atoms with E-state index in [-0.39, 0.29) is 12.5 Å². The second-order valence-electron chi connectivity index (χ2n) is 7.59. The van der Waals surface area contributed by atoms with Crippen molar-refractivity contribution in [2.75, 3.05) is 17.7 Å². The summed E-state index contributed by atoms with van der Waals surface area (Å²) in [6.07, 6.45) is -0.444. The van der Waals surface area contributed by atoms with Gasteiger partial charge in [-0.25, -0.2) is 9.97 Å². The van der Waals surface area contributed by atoms with Gasteiger partial charge in [0.05, 0.1) is 12.1 Å². The number of aromatic nitrogens is 2. The van der Waals surface area contributed by atoms with E-state index in [1.165, 1.54) is 13.4 Å². The van der Waals surface area contributed by atoms with Crippen molar-refractivity contribution in [1.29, 1.82) is 0 Å². The maximum absolute atomic E-state index is 11.6. The molecule has 2 aliphatic rings. The SMILES string of the molecule is CNS(=O)(=O)O[C@@H]1C[C@@H](Nc2cc(N[C@H]3CCc4c(Cl)cccc43)ncn2)[C@H](O)[C@H]1O. The second-order valence-corrected chi connectivity index (χ2v) is 9.51. The molecule has 0 amide bonds. The molecule has 0 bridgehead atoms. The summed E-state index contributed by atoms with van der Waals surface area (Å²) in [5.74, 6) is 1.02.